The number of carbonyl (C=O) groups is 1. The van der Waals surface area contributed by atoms with Crippen LogP contribution in [-0.2, 0) is 11.3 Å². The maximum Gasteiger partial charge on any atom is 0.313 e. The van der Waals surface area contributed by atoms with Gasteiger partial charge in [0.15, 0.2) is 0 Å². The van der Waals surface area contributed by atoms with Crippen LogP contribution in [0, 0.1) is 18.3 Å². The first-order valence-electron chi connectivity index (χ1n) is 8.13. The average Bonchev–Trinajstić information content (AvgIpc) is 3.19. The summed E-state index contributed by atoms with van der Waals surface area (Å²) in [4.78, 5) is 14.0. The molecule has 22 heavy (non-hydrogen) atoms. The monoisotopic (exact) mass is 307 g/mol. The largest absolute Gasteiger partial charge is 0.481 e. The Balaban J connectivity index is 1.64. The molecule has 3 rings (SSSR count). The number of aryl methyl sites for hydroxylation is 1. The molecule has 2 fully saturated rings. The van der Waals surface area contributed by atoms with Crippen molar-refractivity contribution in [2.24, 2.45) is 11.3 Å². The molecular formula is C16H25N3O3. The third-order valence-electron chi connectivity index (χ3n) is 5.06. The maximum absolute atomic E-state index is 11.9. The fourth-order valence-electron chi connectivity index (χ4n) is 3.52. The summed E-state index contributed by atoms with van der Waals surface area (Å²) < 4.78 is 1.89. The van der Waals surface area contributed by atoms with Crippen LogP contribution in [0.2, 0.25) is 0 Å². The molecule has 1 saturated heterocycles. The molecule has 0 bridgehead atoms. The van der Waals surface area contributed by atoms with E-state index in [1.807, 2.05) is 23.9 Å². The molecular weight excluding hydrogens is 282 g/mol. The van der Waals surface area contributed by atoms with Crippen molar-refractivity contribution < 1.29 is 15.0 Å². The van der Waals surface area contributed by atoms with Crippen LogP contribution in [0.3, 0.4) is 0 Å². The second-order valence-corrected chi connectivity index (χ2v) is 6.91. The van der Waals surface area contributed by atoms with Crippen LogP contribution in [0.5, 0.6) is 0 Å². The number of rotatable bonds is 6. The highest BCUT2D eigenvalue weighted by Crippen LogP contribution is 2.45. The zero-order chi connectivity index (χ0) is 15.7. The predicted molar refractivity (Wildman–Crippen MR) is 81.4 cm³/mol. The number of aliphatic carboxylic acids is 1. The lowest BCUT2D eigenvalue weighted by Crippen LogP contribution is -2.56. The number of carboxylic acids is 1. The summed E-state index contributed by atoms with van der Waals surface area (Å²) in [6.07, 6.45) is 4.58. The van der Waals surface area contributed by atoms with Crippen LogP contribution in [-0.4, -0.2) is 56.6 Å². The van der Waals surface area contributed by atoms with Crippen LogP contribution >= 0.6 is 0 Å². The fraction of sp³-hybridized carbons (Fsp3) is 0.750. The van der Waals surface area contributed by atoms with Gasteiger partial charge in [-0.15, -0.1) is 0 Å². The number of aliphatic hydroxyl groups is 1. The number of nitrogens with zero attached hydrogens (tertiary/aromatic N) is 3. The maximum atomic E-state index is 11.9. The van der Waals surface area contributed by atoms with Gasteiger partial charge in [0, 0.05) is 25.8 Å². The second kappa shape index (κ2) is 6.01. The summed E-state index contributed by atoms with van der Waals surface area (Å²) in [5.41, 5.74) is 0.00194. The van der Waals surface area contributed by atoms with Gasteiger partial charge in [0.1, 0.15) is 5.41 Å². The normalized spacial score (nSPS) is 29.6. The molecule has 6 nitrogen and oxygen atoms in total. The van der Waals surface area contributed by atoms with Gasteiger partial charge in [0.25, 0.3) is 0 Å². The topological polar surface area (TPSA) is 78.6 Å². The molecule has 6 heteroatoms. The number of likely N-dealkylation sites (tertiary alicyclic amines) is 1. The second-order valence-electron chi connectivity index (χ2n) is 6.91. The summed E-state index contributed by atoms with van der Waals surface area (Å²) in [6.45, 7) is 4.68. The molecule has 0 unspecified atom stereocenters. The number of aliphatic hydroxyl groups excluding tert-OH is 1. The van der Waals surface area contributed by atoms with Gasteiger partial charge in [-0.05, 0) is 31.7 Å². The standard InChI is InChI=1S/C16H25N3O3/c1-12-4-7-19(17-12)9-8-18-6-5-14(20)16(11-18,15(21)22)10-13-2-3-13/h4,7,13-14,20H,2-3,5-6,8-11H2,1H3,(H,21,22)/t14-,16-/m1/s1. The van der Waals surface area contributed by atoms with Gasteiger partial charge in [-0.25, -0.2) is 0 Å². The van der Waals surface area contributed by atoms with Gasteiger partial charge in [0.05, 0.1) is 18.3 Å². The number of hydrogen-bond acceptors (Lipinski definition) is 4. The van der Waals surface area contributed by atoms with Crippen molar-refractivity contribution in [2.75, 3.05) is 19.6 Å². The van der Waals surface area contributed by atoms with Crippen LogP contribution in [0.15, 0.2) is 12.3 Å². The molecule has 0 aromatic carbocycles. The van der Waals surface area contributed by atoms with Crippen molar-refractivity contribution in [2.45, 2.75) is 45.3 Å². The van der Waals surface area contributed by atoms with Crippen LogP contribution in [0.1, 0.15) is 31.4 Å². The SMILES string of the molecule is Cc1ccn(CCN2CC[C@@H](O)[C@](CC3CC3)(C(=O)O)C2)n1. The van der Waals surface area contributed by atoms with Gasteiger partial charge in [0.2, 0.25) is 0 Å². The highest BCUT2D eigenvalue weighted by molar-refractivity contribution is 5.76. The van der Waals surface area contributed by atoms with Gasteiger partial charge >= 0.3 is 5.97 Å². The smallest absolute Gasteiger partial charge is 0.313 e. The van der Waals surface area contributed by atoms with Crippen molar-refractivity contribution in [3.8, 4) is 0 Å². The van der Waals surface area contributed by atoms with E-state index in [0.29, 0.717) is 25.3 Å². The lowest BCUT2D eigenvalue weighted by Gasteiger charge is -2.43. The van der Waals surface area contributed by atoms with Gasteiger partial charge < -0.3 is 15.1 Å². The van der Waals surface area contributed by atoms with Crippen LogP contribution in [0.25, 0.3) is 0 Å². The minimum Gasteiger partial charge on any atom is -0.481 e. The van der Waals surface area contributed by atoms with Crippen molar-refractivity contribution in [3.63, 3.8) is 0 Å². The number of hydrogen-bond donors (Lipinski definition) is 2. The Bertz CT molecular complexity index is 540. The Kier molecular flexibility index (Phi) is 4.23. The van der Waals surface area contributed by atoms with E-state index in [2.05, 4.69) is 10.00 Å². The first-order valence-corrected chi connectivity index (χ1v) is 8.13. The Labute approximate surface area is 130 Å². The summed E-state index contributed by atoms with van der Waals surface area (Å²) in [5, 5.41) is 24.4. The van der Waals surface area contributed by atoms with E-state index in [1.54, 1.807) is 0 Å². The Morgan fingerprint density at radius 2 is 2.18 bits per heavy atom. The average molecular weight is 307 g/mol. The minimum atomic E-state index is -0.987. The van der Waals surface area contributed by atoms with E-state index in [0.717, 1.165) is 38.2 Å². The van der Waals surface area contributed by atoms with E-state index in [-0.39, 0.29) is 0 Å². The number of piperidine rings is 1. The summed E-state index contributed by atoms with van der Waals surface area (Å²) in [7, 11) is 0. The fourth-order valence-corrected chi connectivity index (χ4v) is 3.52. The summed E-state index contributed by atoms with van der Waals surface area (Å²) in [5.74, 6) is -0.356. The molecule has 2 heterocycles. The van der Waals surface area contributed by atoms with E-state index < -0.39 is 17.5 Å². The zero-order valence-corrected chi connectivity index (χ0v) is 13.1. The van der Waals surface area contributed by atoms with E-state index in [9.17, 15) is 15.0 Å². The van der Waals surface area contributed by atoms with Gasteiger partial charge in [-0.3, -0.25) is 9.48 Å². The highest BCUT2D eigenvalue weighted by atomic mass is 16.4. The quantitative estimate of drug-likeness (QED) is 0.823. The Morgan fingerprint density at radius 3 is 2.77 bits per heavy atom. The lowest BCUT2D eigenvalue weighted by molar-refractivity contribution is -0.165. The van der Waals surface area contributed by atoms with E-state index in [1.165, 1.54) is 0 Å². The first kappa shape index (κ1) is 15.5. The number of carboxylic acid groups (broad SMARTS) is 1. The summed E-state index contributed by atoms with van der Waals surface area (Å²) in [6, 6.07) is 1.97. The van der Waals surface area contributed by atoms with E-state index >= 15 is 0 Å². The molecule has 1 aromatic heterocycles. The molecule has 2 atom stereocenters. The molecule has 1 aliphatic carbocycles. The Hall–Kier alpha value is -1.40. The molecule has 1 saturated carbocycles. The zero-order valence-electron chi connectivity index (χ0n) is 13.1. The molecule has 0 amide bonds. The van der Waals surface area contributed by atoms with Crippen molar-refractivity contribution >= 4 is 5.97 Å². The highest BCUT2D eigenvalue weighted by Gasteiger charge is 2.51. The molecule has 1 aliphatic heterocycles. The van der Waals surface area contributed by atoms with Gasteiger partial charge in [-0.1, -0.05) is 12.8 Å². The first-order chi connectivity index (χ1) is 10.5. The van der Waals surface area contributed by atoms with Crippen LogP contribution < -0.4 is 0 Å². The minimum absolute atomic E-state index is 0.445. The van der Waals surface area contributed by atoms with E-state index in [4.69, 9.17) is 0 Å². The van der Waals surface area contributed by atoms with Crippen LogP contribution in [0.4, 0.5) is 0 Å². The molecule has 2 aliphatic rings. The third-order valence-corrected chi connectivity index (χ3v) is 5.06. The van der Waals surface area contributed by atoms with Gasteiger partial charge in [-0.2, -0.15) is 5.10 Å². The molecule has 2 N–H and O–H groups in total. The lowest BCUT2D eigenvalue weighted by atomic mass is 9.73. The third kappa shape index (κ3) is 3.17. The molecule has 1 aromatic rings. The predicted octanol–water partition coefficient (Wildman–Crippen LogP) is 1.13. The number of aromatic nitrogens is 2. The molecule has 0 radical (unpaired) electrons. The Morgan fingerprint density at radius 1 is 1.41 bits per heavy atom. The molecule has 122 valence electrons. The summed E-state index contributed by atoms with van der Waals surface area (Å²) >= 11 is 0. The molecule has 0 spiro atoms. The van der Waals surface area contributed by atoms with Crippen molar-refractivity contribution in [3.05, 3.63) is 18.0 Å². The van der Waals surface area contributed by atoms with Crippen molar-refractivity contribution in [1.29, 1.82) is 0 Å². The van der Waals surface area contributed by atoms with Crippen molar-refractivity contribution in [1.82, 2.24) is 14.7 Å².